The Kier molecular flexibility index (Phi) is 6.52. The van der Waals surface area contributed by atoms with Gasteiger partial charge in [-0.2, -0.15) is 0 Å². The van der Waals surface area contributed by atoms with Gasteiger partial charge in [0.2, 0.25) is 5.91 Å². The van der Waals surface area contributed by atoms with E-state index in [-0.39, 0.29) is 11.8 Å². The Morgan fingerprint density at radius 1 is 1.14 bits per heavy atom. The number of hydrogen-bond donors (Lipinski definition) is 2. The zero-order valence-electron chi connectivity index (χ0n) is 16.6. The molecular formula is C22H29FN4O. The first kappa shape index (κ1) is 20.1. The molecule has 2 aliphatic heterocycles. The van der Waals surface area contributed by atoms with Crippen molar-refractivity contribution in [3.63, 3.8) is 0 Å². The number of para-hydroxylation sites is 1. The number of anilines is 3. The largest absolute Gasteiger partial charge is 0.399 e. The molecule has 0 bridgehead atoms. The molecule has 4 rings (SSSR count). The SMILES string of the molecule is CC(=O)N1c2ccc(N3CCNCC3)cc2C[C@@H](C)[C@@H]1F.Nc1ccccc1. The molecule has 1 amide bonds. The van der Waals surface area contributed by atoms with Gasteiger partial charge < -0.3 is 16.0 Å². The van der Waals surface area contributed by atoms with Crippen LogP contribution in [0.1, 0.15) is 19.4 Å². The van der Waals surface area contributed by atoms with Gasteiger partial charge in [0.15, 0.2) is 6.30 Å². The van der Waals surface area contributed by atoms with Gasteiger partial charge in [0.25, 0.3) is 0 Å². The van der Waals surface area contributed by atoms with Crippen molar-refractivity contribution in [1.29, 1.82) is 0 Å². The summed E-state index contributed by atoms with van der Waals surface area (Å²) in [6.07, 6.45) is -0.541. The zero-order chi connectivity index (χ0) is 20.1. The number of piperazine rings is 1. The monoisotopic (exact) mass is 384 g/mol. The van der Waals surface area contributed by atoms with Crippen LogP contribution < -0.4 is 20.9 Å². The first-order valence-corrected chi connectivity index (χ1v) is 9.80. The van der Waals surface area contributed by atoms with Crippen molar-refractivity contribution in [1.82, 2.24) is 5.32 Å². The number of carbonyl (C=O) groups is 1. The quantitative estimate of drug-likeness (QED) is 0.586. The second-order valence-corrected chi connectivity index (χ2v) is 7.40. The third-order valence-corrected chi connectivity index (χ3v) is 5.20. The number of nitrogen functional groups attached to an aromatic ring is 1. The number of nitrogens with one attached hydrogen (secondary N) is 1. The Bertz CT molecular complexity index is 792. The fourth-order valence-electron chi connectivity index (χ4n) is 3.72. The first-order valence-electron chi connectivity index (χ1n) is 9.80. The van der Waals surface area contributed by atoms with E-state index in [1.165, 1.54) is 17.5 Å². The maximum atomic E-state index is 14.3. The van der Waals surface area contributed by atoms with E-state index in [0.717, 1.165) is 43.1 Å². The zero-order valence-corrected chi connectivity index (χ0v) is 16.6. The van der Waals surface area contributed by atoms with Gasteiger partial charge in [-0.3, -0.25) is 9.69 Å². The topological polar surface area (TPSA) is 61.6 Å². The predicted octanol–water partition coefficient (Wildman–Crippen LogP) is 3.21. The van der Waals surface area contributed by atoms with Crippen LogP contribution in [0.2, 0.25) is 0 Å². The summed E-state index contributed by atoms with van der Waals surface area (Å²) in [4.78, 5) is 15.4. The molecule has 1 fully saturated rings. The molecule has 1 saturated heterocycles. The van der Waals surface area contributed by atoms with Gasteiger partial charge >= 0.3 is 0 Å². The molecule has 150 valence electrons. The summed E-state index contributed by atoms with van der Waals surface area (Å²) >= 11 is 0. The lowest BCUT2D eigenvalue weighted by Crippen LogP contribution is -2.45. The highest BCUT2D eigenvalue weighted by Crippen LogP contribution is 2.36. The van der Waals surface area contributed by atoms with E-state index in [1.807, 2.05) is 49.4 Å². The van der Waals surface area contributed by atoms with Crippen LogP contribution >= 0.6 is 0 Å². The van der Waals surface area contributed by atoms with Crippen LogP contribution in [-0.4, -0.2) is 38.4 Å². The van der Waals surface area contributed by atoms with Gasteiger partial charge in [-0.1, -0.05) is 25.1 Å². The molecular weight excluding hydrogens is 355 g/mol. The summed E-state index contributed by atoms with van der Waals surface area (Å²) in [5.74, 6) is -0.398. The molecule has 0 aromatic heterocycles. The van der Waals surface area contributed by atoms with Crippen molar-refractivity contribution < 1.29 is 9.18 Å². The Labute approximate surface area is 166 Å². The number of rotatable bonds is 1. The molecule has 3 N–H and O–H groups in total. The summed E-state index contributed by atoms with van der Waals surface area (Å²) in [5.41, 5.74) is 9.15. The molecule has 0 unspecified atom stereocenters. The molecule has 0 radical (unpaired) electrons. The molecule has 0 spiro atoms. The number of amides is 1. The number of benzene rings is 2. The minimum absolute atomic E-state index is 0.167. The highest BCUT2D eigenvalue weighted by atomic mass is 19.1. The van der Waals surface area contributed by atoms with E-state index < -0.39 is 6.30 Å². The predicted molar refractivity (Wildman–Crippen MR) is 113 cm³/mol. The van der Waals surface area contributed by atoms with Crippen LogP contribution in [0.15, 0.2) is 48.5 Å². The molecule has 5 nitrogen and oxygen atoms in total. The van der Waals surface area contributed by atoms with E-state index in [4.69, 9.17) is 5.73 Å². The van der Waals surface area contributed by atoms with Crippen LogP contribution in [0.3, 0.4) is 0 Å². The Morgan fingerprint density at radius 3 is 2.39 bits per heavy atom. The Balaban J connectivity index is 0.000000271. The van der Waals surface area contributed by atoms with Crippen molar-refractivity contribution in [3.8, 4) is 0 Å². The third-order valence-electron chi connectivity index (χ3n) is 5.20. The van der Waals surface area contributed by atoms with E-state index >= 15 is 0 Å². The highest BCUT2D eigenvalue weighted by Gasteiger charge is 2.34. The average Bonchev–Trinajstić information content (AvgIpc) is 2.70. The first-order chi connectivity index (χ1) is 13.5. The number of nitrogens with two attached hydrogens (primary N) is 1. The van der Waals surface area contributed by atoms with Crippen molar-refractivity contribution in [2.24, 2.45) is 5.92 Å². The molecule has 0 aliphatic carbocycles. The summed E-state index contributed by atoms with van der Waals surface area (Å²) < 4.78 is 14.3. The summed E-state index contributed by atoms with van der Waals surface area (Å²) in [6.45, 7) is 7.23. The fourth-order valence-corrected chi connectivity index (χ4v) is 3.72. The molecule has 2 aromatic carbocycles. The third kappa shape index (κ3) is 4.62. The fraction of sp³-hybridized carbons (Fsp3) is 0.409. The molecule has 28 heavy (non-hydrogen) atoms. The van der Waals surface area contributed by atoms with Crippen LogP contribution in [-0.2, 0) is 11.2 Å². The molecule has 2 aromatic rings. The second-order valence-electron chi connectivity index (χ2n) is 7.40. The van der Waals surface area contributed by atoms with Crippen molar-refractivity contribution in [2.75, 3.05) is 41.7 Å². The average molecular weight is 384 g/mol. The maximum Gasteiger partial charge on any atom is 0.226 e. The molecule has 2 atom stereocenters. The summed E-state index contributed by atoms with van der Waals surface area (Å²) in [7, 11) is 0. The van der Waals surface area contributed by atoms with E-state index in [2.05, 4.69) is 16.3 Å². The highest BCUT2D eigenvalue weighted by molar-refractivity contribution is 5.93. The lowest BCUT2D eigenvalue weighted by Gasteiger charge is -2.37. The Hall–Kier alpha value is -2.60. The number of nitrogens with zero attached hydrogens (tertiary/aromatic N) is 2. The lowest BCUT2D eigenvalue weighted by molar-refractivity contribution is -0.118. The van der Waals surface area contributed by atoms with Gasteiger partial charge in [-0.25, -0.2) is 4.39 Å². The van der Waals surface area contributed by atoms with E-state index in [1.54, 1.807) is 0 Å². The normalized spacial score (nSPS) is 21.4. The summed E-state index contributed by atoms with van der Waals surface area (Å²) in [6, 6.07) is 15.5. The van der Waals surface area contributed by atoms with Crippen LogP contribution in [0.4, 0.5) is 21.5 Å². The van der Waals surface area contributed by atoms with E-state index in [0.29, 0.717) is 6.42 Å². The van der Waals surface area contributed by atoms with E-state index in [9.17, 15) is 9.18 Å². The lowest BCUT2D eigenvalue weighted by atomic mass is 9.92. The number of fused-ring (bicyclic) bond motifs is 1. The smallest absolute Gasteiger partial charge is 0.226 e. The molecule has 2 heterocycles. The van der Waals surface area contributed by atoms with Gasteiger partial charge in [-0.05, 0) is 42.3 Å². The number of hydrogen-bond acceptors (Lipinski definition) is 4. The van der Waals surface area contributed by atoms with Gasteiger partial charge in [-0.15, -0.1) is 0 Å². The molecule has 0 saturated carbocycles. The van der Waals surface area contributed by atoms with Crippen molar-refractivity contribution in [2.45, 2.75) is 26.6 Å². The number of alkyl halides is 1. The second kappa shape index (κ2) is 9.06. The summed E-state index contributed by atoms with van der Waals surface area (Å²) in [5, 5.41) is 3.34. The minimum Gasteiger partial charge on any atom is -0.399 e. The van der Waals surface area contributed by atoms with Gasteiger partial charge in [0.1, 0.15) is 0 Å². The molecule has 6 heteroatoms. The standard InChI is InChI=1S/C16H22FN3O.C6H7N/c1-11-9-13-10-14(19-7-5-18-6-8-19)3-4-15(13)20(12(2)21)16(11)17;7-6-4-2-1-3-5-6/h3-4,10-11,16,18H,5-9H2,1-2H3;1-5H,7H2/t11-,16-;/m1./s1. The molecule has 2 aliphatic rings. The van der Waals surface area contributed by atoms with Gasteiger partial charge in [0, 0.05) is 56.1 Å². The van der Waals surface area contributed by atoms with Crippen LogP contribution in [0.5, 0.6) is 0 Å². The maximum absolute atomic E-state index is 14.3. The number of halogens is 1. The minimum atomic E-state index is -1.22. The van der Waals surface area contributed by atoms with Crippen LogP contribution in [0, 0.1) is 5.92 Å². The van der Waals surface area contributed by atoms with Crippen molar-refractivity contribution in [3.05, 3.63) is 54.1 Å². The number of carbonyl (C=O) groups excluding carboxylic acids is 1. The van der Waals surface area contributed by atoms with Crippen molar-refractivity contribution >= 4 is 23.0 Å². The van der Waals surface area contributed by atoms with Gasteiger partial charge in [0.05, 0.1) is 0 Å². The Morgan fingerprint density at radius 2 is 1.82 bits per heavy atom. The van der Waals surface area contributed by atoms with Crippen LogP contribution in [0.25, 0.3) is 0 Å².